The predicted octanol–water partition coefficient (Wildman–Crippen LogP) is 0.999. The lowest BCUT2D eigenvalue weighted by Crippen LogP contribution is -2.51. The summed E-state index contributed by atoms with van der Waals surface area (Å²) in [5, 5.41) is 11.3. The number of ether oxygens (including phenoxy) is 2. The molecule has 0 aliphatic carbocycles. The number of carbonyl (C=O) groups is 1. The summed E-state index contributed by atoms with van der Waals surface area (Å²) in [5.74, 6) is 0. The summed E-state index contributed by atoms with van der Waals surface area (Å²) >= 11 is 0. The van der Waals surface area contributed by atoms with E-state index in [0.29, 0.717) is 0 Å². The van der Waals surface area contributed by atoms with Crippen molar-refractivity contribution < 1.29 is 23.8 Å². The zero-order valence-electron chi connectivity index (χ0n) is 10.4. The average Bonchev–Trinajstić information content (AvgIpc) is 2.18. The zero-order valence-corrected chi connectivity index (χ0v) is 10.4. The Balaban J connectivity index is 2.40. The number of alkyl halides is 1. The van der Waals surface area contributed by atoms with Gasteiger partial charge in [0.1, 0.15) is 11.8 Å². The summed E-state index contributed by atoms with van der Waals surface area (Å²) in [6.07, 6.45) is -2.29. The molecule has 1 aliphatic rings. The Morgan fingerprint density at radius 2 is 2.24 bits per heavy atom. The van der Waals surface area contributed by atoms with Crippen LogP contribution >= 0.6 is 0 Å². The first kappa shape index (κ1) is 14.2. The van der Waals surface area contributed by atoms with Crippen molar-refractivity contribution in [1.82, 2.24) is 5.32 Å². The molecule has 6 heteroatoms. The van der Waals surface area contributed by atoms with Crippen molar-refractivity contribution in [2.75, 3.05) is 13.2 Å². The van der Waals surface area contributed by atoms with E-state index in [9.17, 15) is 9.18 Å². The molecule has 0 aromatic rings. The van der Waals surface area contributed by atoms with E-state index in [1.807, 2.05) is 0 Å². The van der Waals surface area contributed by atoms with Crippen LogP contribution in [0.25, 0.3) is 0 Å². The maximum absolute atomic E-state index is 13.6. The third kappa shape index (κ3) is 4.87. The van der Waals surface area contributed by atoms with E-state index >= 15 is 0 Å². The number of nitrogens with one attached hydrogen (secondary N) is 1. The van der Waals surface area contributed by atoms with Crippen LogP contribution in [0.1, 0.15) is 27.2 Å². The minimum atomic E-state index is -1.23. The van der Waals surface area contributed by atoms with Crippen LogP contribution in [0.4, 0.5) is 9.18 Å². The first-order valence-corrected chi connectivity index (χ1v) is 5.68. The van der Waals surface area contributed by atoms with Gasteiger partial charge in [-0.15, -0.1) is 0 Å². The summed E-state index contributed by atoms with van der Waals surface area (Å²) in [5.41, 5.74) is -0.612. The van der Waals surface area contributed by atoms with Gasteiger partial charge in [-0.05, 0) is 20.8 Å². The summed E-state index contributed by atoms with van der Waals surface area (Å²) < 4.78 is 23.8. The van der Waals surface area contributed by atoms with E-state index in [1.54, 1.807) is 20.8 Å². The lowest BCUT2D eigenvalue weighted by Gasteiger charge is -2.32. The van der Waals surface area contributed by atoms with Crippen LogP contribution in [0, 0.1) is 0 Å². The molecule has 1 heterocycles. The Morgan fingerprint density at radius 3 is 2.71 bits per heavy atom. The highest BCUT2D eigenvalue weighted by Gasteiger charge is 2.33. The molecule has 1 aliphatic heterocycles. The Hall–Kier alpha value is -0.880. The van der Waals surface area contributed by atoms with Crippen molar-refractivity contribution >= 4 is 6.09 Å². The molecule has 0 aromatic carbocycles. The van der Waals surface area contributed by atoms with Gasteiger partial charge in [-0.2, -0.15) is 0 Å². The SMILES string of the molecule is CC(C)(C)OC(=O)N[C@H]1CO[C@H](CO)C[C@@H]1F. The van der Waals surface area contributed by atoms with Gasteiger partial charge in [-0.3, -0.25) is 0 Å². The molecule has 0 unspecified atom stereocenters. The number of halogens is 1. The highest BCUT2D eigenvalue weighted by atomic mass is 19.1. The van der Waals surface area contributed by atoms with Crippen molar-refractivity contribution in [2.24, 2.45) is 0 Å². The lowest BCUT2D eigenvalue weighted by atomic mass is 10.0. The van der Waals surface area contributed by atoms with Crippen LogP contribution in [0.3, 0.4) is 0 Å². The summed E-state index contributed by atoms with van der Waals surface area (Å²) in [4.78, 5) is 11.4. The van der Waals surface area contributed by atoms with Gasteiger partial charge in [0, 0.05) is 6.42 Å². The molecule has 0 saturated carbocycles. The van der Waals surface area contributed by atoms with Gasteiger partial charge in [0.15, 0.2) is 0 Å². The lowest BCUT2D eigenvalue weighted by molar-refractivity contribution is -0.0629. The molecule has 1 amide bonds. The molecular weight excluding hydrogens is 229 g/mol. The van der Waals surface area contributed by atoms with E-state index in [2.05, 4.69) is 5.32 Å². The molecule has 0 spiro atoms. The van der Waals surface area contributed by atoms with Crippen molar-refractivity contribution in [2.45, 2.75) is 51.1 Å². The number of rotatable bonds is 2. The van der Waals surface area contributed by atoms with Crippen molar-refractivity contribution in [1.29, 1.82) is 0 Å². The molecule has 5 nitrogen and oxygen atoms in total. The van der Waals surface area contributed by atoms with Gasteiger partial charge in [-0.25, -0.2) is 9.18 Å². The molecule has 100 valence electrons. The maximum Gasteiger partial charge on any atom is 0.408 e. The second kappa shape index (κ2) is 5.64. The number of alkyl carbamates (subject to hydrolysis) is 1. The first-order chi connectivity index (χ1) is 7.81. The Kier molecular flexibility index (Phi) is 4.70. The average molecular weight is 249 g/mol. The minimum absolute atomic E-state index is 0.0473. The van der Waals surface area contributed by atoms with Crippen LogP contribution in [0.15, 0.2) is 0 Å². The van der Waals surface area contributed by atoms with E-state index in [0.717, 1.165) is 0 Å². The first-order valence-electron chi connectivity index (χ1n) is 5.68. The molecule has 2 N–H and O–H groups in total. The van der Waals surface area contributed by atoms with Gasteiger partial charge in [0.05, 0.1) is 25.4 Å². The molecule has 1 rings (SSSR count). The van der Waals surface area contributed by atoms with Gasteiger partial charge < -0.3 is 19.9 Å². The van der Waals surface area contributed by atoms with Gasteiger partial charge in [0.2, 0.25) is 0 Å². The third-order valence-corrected chi connectivity index (χ3v) is 2.34. The largest absolute Gasteiger partial charge is 0.444 e. The molecule has 0 radical (unpaired) electrons. The summed E-state index contributed by atoms with van der Waals surface area (Å²) in [6.45, 7) is 5.04. The van der Waals surface area contributed by atoms with Crippen molar-refractivity contribution in [3.8, 4) is 0 Å². The van der Waals surface area contributed by atoms with E-state index < -0.39 is 30.0 Å². The summed E-state index contributed by atoms with van der Waals surface area (Å²) in [6, 6.07) is -0.715. The molecule has 1 saturated heterocycles. The van der Waals surface area contributed by atoms with Crippen LogP contribution in [-0.4, -0.2) is 48.3 Å². The number of aliphatic hydroxyl groups excluding tert-OH is 1. The van der Waals surface area contributed by atoms with Crippen molar-refractivity contribution in [3.63, 3.8) is 0 Å². The smallest absolute Gasteiger partial charge is 0.408 e. The van der Waals surface area contributed by atoms with E-state index in [-0.39, 0.29) is 19.6 Å². The van der Waals surface area contributed by atoms with Crippen LogP contribution in [-0.2, 0) is 9.47 Å². The zero-order chi connectivity index (χ0) is 13.1. The van der Waals surface area contributed by atoms with E-state index in [4.69, 9.17) is 14.6 Å². The van der Waals surface area contributed by atoms with Crippen molar-refractivity contribution in [3.05, 3.63) is 0 Å². The van der Waals surface area contributed by atoms with E-state index in [1.165, 1.54) is 0 Å². The van der Waals surface area contributed by atoms with Crippen LogP contribution < -0.4 is 5.32 Å². The number of carbonyl (C=O) groups excluding carboxylic acids is 1. The quantitative estimate of drug-likeness (QED) is 0.766. The fraction of sp³-hybridized carbons (Fsp3) is 0.909. The Bertz CT molecular complexity index is 267. The number of amides is 1. The second-order valence-electron chi connectivity index (χ2n) is 5.14. The predicted molar refractivity (Wildman–Crippen MR) is 59.5 cm³/mol. The number of hydrogen-bond donors (Lipinski definition) is 2. The normalized spacial score (nSPS) is 29.8. The fourth-order valence-electron chi connectivity index (χ4n) is 1.55. The third-order valence-electron chi connectivity index (χ3n) is 2.34. The molecule has 0 bridgehead atoms. The molecule has 17 heavy (non-hydrogen) atoms. The standard InChI is InChI=1S/C11H20FNO4/c1-11(2,3)17-10(15)13-9-6-16-7(5-14)4-8(9)12/h7-9,14H,4-6H2,1-3H3,(H,13,15)/t7-,8-,9-/m0/s1. The van der Waals surface area contributed by atoms with Gasteiger partial charge in [0.25, 0.3) is 0 Å². The topological polar surface area (TPSA) is 67.8 Å². The number of hydrogen-bond acceptors (Lipinski definition) is 4. The molecular formula is C11H20FNO4. The number of aliphatic hydroxyl groups is 1. The second-order valence-corrected chi connectivity index (χ2v) is 5.14. The minimum Gasteiger partial charge on any atom is -0.444 e. The fourth-order valence-corrected chi connectivity index (χ4v) is 1.55. The van der Waals surface area contributed by atoms with Gasteiger partial charge in [-0.1, -0.05) is 0 Å². The van der Waals surface area contributed by atoms with Crippen LogP contribution in [0.5, 0.6) is 0 Å². The van der Waals surface area contributed by atoms with Gasteiger partial charge >= 0.3 is 6.09 Å². The highest BCUT2D eigenvalue weighted by molar-refractivity contribution is 5.68. The maximum atomic E-state index is 13.6. The molecule has 3 atom stereocenters. The monoisotopic (exact) mass is 249 g/mol. The highest BCUT2D eigenvalue weighted by Crippen LogP contribution is 2.18. The Morgan fingerprint density at radius 1 is 1.59 bits per heavy atom. The summed E-state index contributed by atoms with van der Waals surface area (Å²) in [7, 11) is 0. The van der Waals surface area contributed by atoms with Crippen LogP contribution in [0.2, 0.25) is 0 Å². The molecule has 0 aromatic heterocycles. The Labute approximate surface area is 100 Å². The molecule has 1 fully saturated rings.